The number of carbonyl (C=O) groups excluding carboxylic acids is 1. The molecule has 0 saturated heterocycles. The fraction of sp³-hybridized carbons (Fsp3) is 0.308. The summed E-state index contributed by atoms with van der Waals surface area (Å²) in [6.07, 6.45) is 0. The zero-order valence-corrected chi connectivity index (χ0v) is 11.8. The van der Waals surface area contributed by atoms with E-state index in [0.29, 0.717) is 19.7 Å². The van der Waals surface area contributed by atoms with E-state index in [1.807, 2.05) is 33.2 Å². The molecule has 0 spiro atoms. The van der Waals surface area contributed by atoms with Crippen LogP contribution in [0.4, 0.5) is 0 Å². The molecule has 0 aliphatic heterocycles. The molecule has 0 atom stereocenters. The van der Waals surface area contributed by atoms with Crippen LogP contribution in [0, 0.1) is 0 Å². The summed E-state index contributed by atoms with van der Waals surface area (Å²) >= 11 is 3.19. The van der Waals surface area contributed by atoms with Crippen molar-refractivity contribution in [1.82, 2.24) is 4.90 Å². The van der Waals surface area contributed by atoms with E-state index in [1.54, 1.807) is 29.8 Å². The number of hydrogen-bond donors (Lipinski definition) is 0. The second-order valence-corrected chi connectivity index (χ2v) is 5.42. The summed E-state index contributed by atoms with van der Waals surface area (Å²) < 4.78 is 5.07. The topological polar surface area (TPSA) is 29.5 Å². The van der Waals surface area contributed by atoms with Gasteiger partial charge in [-0.25, -0.2) is 0 Å². The summed E-state index contributed by atoms with van der Waals surface area (Å²) in [5, 5.41) is 7.90. The number of ether oxygens (including phenoxy) is 1. The van der Waals surface area contributed by atoms with Crippen LogP contribution in [0.25, 0.3) is 0 Å². The van der Waals surface area contributed by atoms with Crippen LogP contribution < -0.4 is 0 Å². The maximum absolute atomic E-state index is 12.3. The molecule has 3 nitrogen and oxygen atoms in total. The van der Waals surface area contributed by atoms with Crippen molar-refractivity contribution in [2.75, 3.05) is 20.3 Å². The Morgan fingerprint density at radius 2 is 2.06 bits per heavy atom. The molecule has 5 heteroatoms. The van der Waals surface area contributed by atoms with Gasteiger partial charge in [-0.3, -0.25) is 4.79 Å². The Morgan fingerprint density at radius 3 is 2.67 bits per heavy atom. The maximum atomic E-state index is 12.3. The molecule has 2 aromatic heterocycles. The summed E-state index contributed by atoms with van der Waals surface area (Å²) in [7, 11) is 1.65. The molecule has 2 rings (SSSR count). The zero-order valence-electron chi connectivity index (χ0n) is 10.2. The van der Waals surface area contributed by atoms with Gasteiger partial charge in [-0.2, -0.15) is 22.7 Å². The van der Waals surface area contributed by atoms with Crippen molar-refractivity contribution in [2.45, 2.75) is 6.54 Å². The molecule has 0 aliphatic rings. The summed E-state index contributed by atoms with van der Waals surface area (Å²) in [4.78, 5) is 14.1. The summed E-state index contributed by atoms with van der Waals surface area (Å²) in [5.74, 6) is 0.0690. The first-order chi connectivity index (χ1) is 8.81. The SMILES string of the molecule is COCCN(Cc1ccsc1)C(=O)c1ccsc1. The first-order valence-electron chi connectivity index (χ1n) is 5.62. The van der Waals surface area contributed by atoms with E-state index >= 15 is 0 Å². The minimum atomic E-state index is 0.0690. The largest absolute Gasteiger partial charge is 0.383 e. The van der Waals surface area contributed by atoms with Gasteiger partial charge in [0.25, 0.3) is 5.91 Å². The van der Waals surface area contributed by atoms with Gasteiger partial charge in [-0.15, -0.1) is 0 Å². The molecule has 0 saturated carbocycles. The highest BCUT2D eigenvalue weighted by molar-refractivity contribution is 7.08. The monoisotopic (exact) mass is 281 g/mol. The highest BCUT2D eigenvalue weighted by atomic mass is 32.1. The number of hydrogen-bond acceptors (Lipinski definition) is 4. The fourth-order valence-corrected chi connectivity index (χ4v) is 2.92. The molecule has 2 heterocycles. The molecule has 0 unspecified atom stereocenters. The van der Waals surface area contributed by atoms with Crippen molar-refractivity contribution < 1.29 is 9.53 Å². The average Bonchev–Trinajstić information content (AvgIpc) is 3.06. The number of amides is 1. The lowest BCUT2D eigenvalue weighted by molar-refractivity contribution is 0.0681. The van der Waals surface area contributed by atoms with Crippen LogP contribution in [0.5, 0.6) is 0 Å². The van der Waals surface area contributed by atoms with Gasteiger partial charge in [0.2, 0.25) is 0 Å². The molecule has 0 aliphatic carbocycles. The van der Waals surface area contributed by atoms with Crippen molar-refractivity contribution in [3.05, 3.63) is 44.8 Å². The molecule has 0 N–H and O–H groups in total. The first kappa shape index (κ1) is 13.3. The van der Waals surface area contributed by atoms with Crippen LogP contribution in [0.2, 0.25) is 0 Å². The van der Waals surface area contributed by atoms with Crippen LogP contribution in [0.1, 0.15) is 15.9 Å². The Bertz CT molecular complexity index is 465. The van der Waals surface area contributed by atoms with E-state index in [9.17, 15) is 4.79 Å². The average molecular weight is 281 g/mol. The van der Waals surface area contributed by atoms with Crippen molar-refractivity contribution in [3.8, 4) is 0 Å². The molecular formula is C13H15NO2S2. The lowest BCUT2D eigenvalue weighted by Crippen LogP contribution is -2.33. The molecule has 2 aromatic rings. The third-order valence-electron chi connectivity index (χ3n) is 2.57. The predicted molar refractivity (Wildman–Crippen MR) is 75.3 cm³/mol. The van der Waals surface area contributed by atoms with Gasteiger partial charge in [-0.1, -0.05) is 0 Å². The van der Waals surface area contributed by atoms with E-state index in [4.69, 9.17) is 4.74 Å². The maximum Gasteiger partial charge on any atom is 0.255 e. The van der Waals surface area contributed by atoms with Gasteiger partial charge < -0.3 is 9.64 Å². The van der Waals surface area contributed by atoms with E-state index < -0.39 is 0 Å². The summed E-state index contributed by atoms with van der Waals surface area (Å²) in [5.41, 5.74) is 1.92. The van der Waals surface area contributed by atoms with Crippen LogP contribution in [-0.4, -0.2) is 31.1 Å². The first-order valence-corrected chi connectivity index (χ1v) is 7.51. The predicted octanol–water partition coefficient (Wildman–Crippen LogP) is 3.10. The lowest BCUT2D eigenvalue weighted by atomic mass is 10.2. The molecule has 0 bridgehead atoms. The van der Waals surface area contributed by atoms with E-state index in [1.165, 1.54) is 5.56 Å². The minimum Gasteiger partial charge on any atom is -0.383 e. The Morgan fingerprint density at radius 1 is 1.28 bits per heavy atom. The Balaban J connectivity index is 2.07. The second kappa shape index (κ2) is 6.68. The number of rotatable bonds is 6. The number of carbonyl (C=O) groups is 1. The van der Waals surface area contributed by atoms with Crippen LogP contribution in [0.3, 0.4) is 0 Å². The second-order valence-electron chi connectivity index (χ2n) is 3.86. The minimum absolute atomic E-state index is 0.0690. The Labute approximate surface area is 115 Å². The molecular weight excluding hydrogens is 266 g/mol. The molecule has 0 aromatic carbocycles. The van der Waals surface area contributed by atoms with Gasteiger partial charge in [-0.05, 0) is 33.8 Å². The Hall–Kier alpha value is -1.17. The fourth-order valence-electron chi connectivity index (χ4n) is 1.63. The normalized spacial score (nSPS) is 10.5. The van der Waals surface area contributed by atoms with Gasteiger partial charge in [0.1, 0.15) is 0 Å². The quantitative estimate of drug-likeness (QED) is 0.814. The third-order valence-corrected chi connectivity index (χ3v) is 3.99. The van der Waals surface area contributed by atoms with Gasteiger partial charge in [0.05, 0.1) is 12.2 Å². The Kier molecular flexibility index (Phi) is 4.92. The van der Waals surface area contributed by atoms with E-state index in [0.717, 1.165) is 5.56 Å². The van der Waals surface area contributed by atoms with Crippen LogP contribution >= 0.6 is 22.7 Å². The standard InChI is InChI=1S/C13H15NO2S2/c1-16-5-4-14(8-11-2-6-17-9-11)13(15)12-3-7-18-10-12/h2-3,6-7,9-10H,4-5,8H2,1H3. The van der Waals surface area contributed by atoms with Gasteiger partial charge in [0, 0.05) is 25.6 Å². The van der Waals surface area contributed by atoms with Crippen LogP contribution in [-0.2, 0) is 11.3 Å². The molecule has 18 heavy (non-hydrogen) atoms. The van der Waals surface area contributed by atoms with Crippen molar-refractivity contribution >= 4 is 28.6 Å². The molecule has 0 radical (unpaired) electrons. The molecule has 0 fully saturated rings. The van der Waals surface area contributed by atoms with Crippen molar-refractivity contribution in [1.29, 1.82) is 0 Å². The number of nitrogens with zero attached hydrogens (tertiary/aromatic N) is 1. The zero-order chi connectivity index (χ0) is 12.8. The van der Waals surface area contributed by atoms with Crippen LogP contribution in [0.15, 0.2) is 33.7 Å². The van der Waals surface area contributed by atoms with Gasteiger partial charge in [0.15, 0.2) is 0 Å². The molecule has 96 valence electrons. The third kappa shape index (κ3) is 3.41. The lowest BCUT2D eigenvalue weighted by Gasteiger charge is -2.21. The summed E-state index contributed by atoms with van der Waals surface area (Å²) in [6, 6.07) is 3.91. The highest BCUT2D eigenvalue weighted by Crippen LogP contribution is 2.14. The van der Waals surface area contributed by atoms with E-state index in [-0.39, 0.29) is 5.91 Å². The highest BCUT2D eigenvalue weighted by Gasteiger charge is 2.16. The van der Waals surface area contributed by atoms with Crippen molar-refractivity contribution in [2.24, 2.45) is 0 Å². The molecule has 1 amide bonds. The summed E-state index contributed by atoms with van der Waals surface area (Å²) in [6.45, 7) is 1.81. The van der Waals surface area contributed by atoms with Gasteiger partial charge >= 0.3 is 0 Å². The van der Waals surface area contributed by atoms with E-state index in [2.05, 4.69) is 5.38 Å². The van der Waals surface area contributed by atoms with Crippen molar-refractivity contribution in [3.63, 3.8) is 0 Å². The smallest absolute Gasteiger partial charge is 0.255 e. The number of methoxy groups -OCH3 is 1. The number of thiophene rings is 2.